The van der Waals surface area contributed by atoms with E-state index in [2.05, 4.69) is 5.43 Å². The predicted molar refractivity (Wildman–Crippen MR) is 158 cm³/mol. The molecular formula is C30H22Cl2F3N3O3S. The van der Waals surface area contributed by atoms with Crippen LogP contribution in [0.5, 0.6) is 11.5 Å². The molecule has 1 aliphatic heterocycles. The molecular weight excluding hydrogens is 610 g/mol. The fourth-order valence-electron chi connectivity index (χ4n) is 4.13. The smallest absolute Gasteiger partial charge is 0.416 e. The highest BCUT2D eigenvalue weighted by Crippen LogP contribution is 2.39. The van der Waals surface area contributed by atoms with Gasteiger partial charge in [0.1, 0.15) is 16.9 Å². The summed E-state index contributed by atoms with van der Waals surface area (Å²) in [5, 5.41) is 12.0. The minimum atomic E-state index is -4.48. The number of thioether (sulfide) groups is 1. The number of nitrogens with one attached hydrogen (secondary N) is 1. The Hall–Kier alpha value is -3.70. The number of hydrazine groups is 1. The monoisotopic (exact) mass is 631 g/mol. The highest BCUT2D eigenvalue weighted by molar-refractivity contribution is 8.14. The van der Waals surface area contributed by atoms with Gasteiger partial charge in [-0.3, -0.25) is 9.80 Å². The Morgan fingerprint density at radius 1 is 0.929 bits per heavy atom. The Morgan fingerprint density at radius 3 is 2.31 bits per heavy atom. The molecule has 42 heavy (non-hydrogen) atoms. The molecule has 12 heteroatoms. The molecule has 1 heterocycles. The van der Waals surface area contributed by atoms with Gasteiger partial charge in [-0.15, -0.1) is 0 Å². The Balaban J connectivity index is 1.39. The van der Waals surface area contributed by atoms with Gasteiger partial charge in [0, 0.05) is 0 Å². The van der Waals surface area contributed by atoms with Gasteiger partial charge in [-0.1, -0.05) is 77.4 Å². The lowest BCUT2D eigenvalue weighted by atomic mass is 10.1. The molecule has 0 saturated carbocycles. The average molecular weight is 632 g/mol. The summed E-state index contributed by atoms with van der Waals surface area (Å²) < 4.78 is 45.2. The van der Waals surface area contributed by atoms with Crippen LogP contribution in [-0.2, 0) is 23.9 Å². The van der Waals surface area contributed by atoms with Crippen LogP contribution in [0.1, 0.15) is 27.6 Å². The predicted octanol–water partition coefficient (Wildman–Crippen LogP) is 8.87. The molecule has 0 radical (unpaired) electrons. The van der Waals surface area contributed by atoms with Crippen molar-refractivity contribution >= 4 is 51.8 Å². The number of amidine groups is 1. The first-order valence-electron chi connectivity index (χ1n) is 12.5. The Labute approximate surface area is 253 Å². The first-order chi connectivity index (χ1) is 20.0. The Morgan fingerprint density at radius 2 is 1.62 bits per heavy atom. The number of carboxylic acids is 1. The number of aliphatic imine (C=N–C) groups is 1. The summed E-state index contributed by atoms with van der Waals surface area (Å²) >= 11 is 13.7. The van der Waals surface area contributed by atoms with Crippen molar-refractivity contribution in [3.63, 3.8) is 0 Å². The van der Waals surface area contributed by atoms with E-state index in [0.717, 1.165) is 23.3 Å². The zero-order chi connectivity index (χ0) is 29.9. The largest absolute Gasteiger partial charge is 0.481 e. The number of nitrogens with zero attached hydrogens (tertiary/aromatic N) is 2. The van der Waals surface area contributed by atoms with Gasteiger partial charge in [0.15, 0.2) is 5.17 Å². The first-order valence-corrected chi connectivity index (χ1v) is 14.2. The molecule has 1 saturated heterocycles. The lowest BCUT2D eigenvalue weighted by Gasteiger charge is -2.20. The molecule has 0 bridgehead atoms. The molecule has 4 aromatic rings. The van der Waals surface area contributed by atoms with Gasteiger partial charge in [-0.2, -0.15) is 13.2 Å². The fraction of sp³-hybridized carbons (Fsp3) is 0.133. The van der Waals surface area contributed by atoms with Crippen LogP contribution in [0.15, 0.2) is 96.0 Å². The van der Waals surface area contributed by atoms with Gasteiger partial charge in [-0.25, -0.2) is 10.4 Å². The highest BCUT2D eigenvalue weighted by atomic mass is 35.5. The second-order valence-electron chi connectivity index (χ2n) is 9.29. The van der Waals surface area contributed by atoms with Crippen LogP contribution in [0, 0.1) is 0 Å². The van der Waals surface area contributed by atoms with E-state index in [0.29, 0.717) is 38.8 Å². The zero-order valence-electron chi connectivity index (χ0n) is 21.6. The lowest BCUT2D eigenvalue weighted by Crippen LogP contribution is -2.34. The maximum Gasteiger partial charge on any atom is 0.416 e. The summed E-state index contributed by atoms with van der Waals surface area (Å²) in [6.07, 6.45) is -4.54. The van der Waals surface area contributed by atoms with E-state index in [9.17, 15) is 18.0 Å². The first kappa shape index (κ1) is 29.8. The molecule has 0 aliphatic carbocycles. The van der Waals surface area contributed by atoms with Crippen molar-refractivity contribution in [2.75, 3.05) is 0 Å². The summed E-state index contributed by atoms with van der Waals surface area (Å²) in [6, 6.07) is 24.1. The van der Waals surface area contributed by atoms with Gasteiger partial charge >= 0.3 is 12.1 Å². The van der Waals surface area contributed by atoms with E-state index in [1.54, 1.807) is 48.5 Å². The molecule has 5 rings (SSSR count). The number of carboxylic acid groups (broad SMARTS) is 1. The second-order valence-corrected chi connectivity index (χ2v) is 11.2. The van der Waals surface area contributed by atoms with E-state index < -0.39 is 17.7 Å². The average Bonchev–Trinajstić information content (AvgIpc) is 3.33. The molecule has 0 amide bonds. The number of rotatable bonds is 8. The van der Waals surface area contributed by atoms with Gasteiger partial charge in [0.05, 0.1) is 34.3 Å². The van der Waals surface area contributed by atoms with E-state index in [4.69, 9.17) is 38.0 Å². The van der Waals surface area contributed by atoms with E-state index >= 15 is 0 Å². The fourth-order valence-corrected chi connectivity index (χ4v) is 5.50. The van der Waals surface area contributed by atoms with Gasteiger partial charge in [-0.05, 0) is 65.2 Å². The maximum atomic E-state index is 13.2. The number of halogens is 5. The molecule has 0 spiro atoms. The van der Waals surface area contributed by atoms with E-state index in [1.165, 1.54) is 23.9 Å². The number of ether oxygens (including phenoxy) is 1. The highest BCUT2D eigenvalue weighted by Gasteiger charge is 2.31. The van der Waals surface area contributed by atoms with Crippen molar-refractivity contribution in [2.24, 2.45) is 4.99 Å². The molecule has 4 aromatic carbocycles. The second kappa shape index (κ2) is 12.7. The van der Waals surface area contributed by atoms with Crippen LogP contribution in [0.3, 0.4) is 0 Å². The summed E-state index contributed by atoms with van der Waals surface area (Å²) in [5.41, 5.74) is 5.65. The third kappa shape index (κ3) is 7.57. The van der Waals surface area contributed by atoms with Gasteiger partial charge in [0.25, 0.3) is 0 Å². The molecule has 1 unspecified atom stereocenters. The topological polar surface area (TPSA) is 74.2 Å². The molecule has 0 aromatic heterocycles. The van der Waals surface area contributed by atoms with Gasteiger partial charge in [0.2, 0.25) is 0 Å². The Kier molecular flexibility index (Phi) is 8.98. The summed E-state index contributed by atoms with van der Waals surface area (Å²) in [4.78, 5) is 15.8. The third-order valence-electron chi connectivity index (χ3n) is 6.13. The van der Waals surface area contributed by atoms with E-state index in [-0.39, 0.29) is 17.5 Å². The zero-order valence-corrected chi connectivity index (χ0v) is 23.9. The summed E-state index contributed by atoms with van der Waals surface area (Å²) in [6.45, 7) is 0.414. The quantitative estimate of drug-likeness (QED) is 0.202. The molecule has 2 N–H and O–H groups in total. The third-order valence-corrected chi connectivity index (χ3v) is 8.01. The Bertz CT molecular complexity index is 1630. The van der Waals surface area contributed by atoms with Crippen molar-refractivity contribution in [3.05, 3.63) is 123 Å². The van der Waals surface area contributed by atoms with Crippen LogP contribution >= 0.6 is 35.0 Å². The lowest BCUT2D eigenvalue weighted by molar-refractivity contribution is -0.138. The SMILES string of the molecule is O=C(O)Cc1ccc(CN2NC(c3cccc(Oc4cccc(C(F)(F)F)c4)c3)SC2=Nc2ccc(Cl)c(Cl)c2)cc1. The minimum absolute atomic E-state index is 0.0664. The van der Waals surface area contributed by atoms with Gasteiger partial charge < -0.3 is 9.84 Å². The number of hydrogen-bond acceptors (Lipinski definition) is 5. The number of aliphatic carboxylic acids is 1. The summed E-state index contributed by atoms with van der Waals surface area (Å²) in [7, 11) is 0. The maximum absolute atomic E-state index is 13.2. The molecule has 216 valence electrons. The van der Waals surface area contributed by atoms with Crippen LogP contribution in [-0.4, -0.2) is 21.3 Å². The van der Waals surface area contributed by atoms with Crippen LogP contribution < -0.4 is 10.2 Å². The van der Waals surface area contributed by atoms with Crippen molar-refractivity contribution in [1.82, 2.24) is 10.4 Å². The molecule has 6 nitrogen and oxygen atoms in total. The number of alkyl halides is 3. The van der Waals surface area contributed by atoms with Crippen LogP contribution in [0.25, 0.3) is 0 Å². The minimum Gasteiger partial charge on any atom is -0.481 e. The number of hydrogen-bond donors (Lipinski definition) is 2. The number of carbonyl (C=O) groups is 1. The van der Waals surface area contributed by atoms with E-state index in [1.807, 2.05) is 23.2 Å². The van der Waals surface area contributed by atoms with Crippen LogP contribution in [0.2, 0.25) is 10.0 Å². The van der Waals surface area contributed by atoms with Crippen molar-refractivity contribution in [1.29, 1.82) is 0 Å². The summed E-state index contributed by atoms with van der Waals surface area (Å²) in [5.74, 6) is -0.452. The van der Waals surface area contributed by atoms with Crippen LogP contribution in [0.4, 0.5) is 18.9 Å². The number of benzene rings is 4. The molecule has 1 atom stereocenters. The molecule has 1 aliphatic rings. The standard InChI is InChI=1S/C30H22Cl2F3N3O3S/c31-25-12-11-22(16-26(25)32)36-29-38(17-19-9-7-18(8-10-19)13-27(39)40)37-28(42-29)20-3-1-5-23(14-20)41-24-6-2-4-21(15-24)30(33,34)35/h1-12,14-16,28,37H,13,17H2,(H,39,40). The van der Waals surface area contributed by atoms with Crippen molar-refractivity contribution < 1.29 is 27.8 Å². The normalized spacial score (nSPS) is 16.2. The molecule has 1 fully saturated rings. The van der Waals surface area contributed by atoms with Crippen molar-refractivity contribution in [2.45, 2.75) is 24.5 Å². The van der Waals surface area contributed by atoms with Crippen molar-refractivity contribution in [3.8, 4) is 11.5 Å².